The lowest BCUT2D eigenvalue weighted by molar-refractivity contribution is -0.154. The van der Waals surface area contributed by atoms with Gasteiger partial charge in [0.05, 0.1) is 6.33 Å². The van der Waals surface area contributed by atoms with E-state index in [1.54, 1.807) is 9.47 Å². The van der Waals surface area contributed by atoms with Gasteiger partial charge in [-0.2, -0.15) is 0 Å². The first-order valence-electron chi connectivity index (χ1n) is 9.05. The molecule has 3 heterocycles. The molecule has 1 aliphatic rings. The Bertz CT molecular complexity index is 1000. The van der Waals surface area contributed by atoms with E-state index in [-0.39, 0.29) is 30.8 Å². The molecule has 1 aliphatic heterocycles. The molecule has 1 amide bonds. The topological polar surface area (TPSA) is 116 Å². The number of esters is 1. The van der Waals surface area contributed by atoms with Crippen LogP contribution in [0.25, 0.3) is 11.2 Å². The van der Waals surface area contributed by atoms with Gasteiger partial charge in [-0.15, -0.1) is 0 Å². The van der Waals surface area contributed by atoms with E-state index in [1.807, 2.05) is 30.3 Å². The molecule has 1 atom stereocenters. The van der Waals surface area contributed by atoms with Crippen LogP contribution >= 0.6 is 0 Å². The maximum Gasteiger partial charge on any atom is 0.329 e. The minimum atomic E-state index is -0.564. The van der Waals surface area contributed by atoms with Crippen molar-refractivity contribution >= 4 is 28.9 Å². The van der Waals surface area contributed by atoms with Gasteiger partial charge in [-0.05, 0) is 18.4 Å². The number of nitrogen functional groups attached to an aromatic ring is 1. The van der Waals surface area contributed by atoms with Crippen molar-refractivity contribution in [2.45, 2.75) is 32.0 Å². The summed E-state index contributed by atoms with van der Waals surface area (Å²) in [7, 11) is 0. The van der Waals surface area contributed by atoms with Crippen LogP contribution in [-0.2, 0) is 27.5 Å². The third-order valence-corrected chi connectivity index (χ3v) is 4.80. The largest absolute Gasteiger partial charge is 0.459 e. The summed E-state index contributed by atoms with van der Waals surface area (Å²) in [5.74, 6) is -0.299. The predicted octanol–water partition coefficient (Wildman–Crippen LogP) is 1.14. The van der Waals surface area contributed by atoms with Gasteiger partial charge in [-0.25, -0.2) is 19.7 Å². The first-order chi connectivity index (χ1) is 13.6. The molecule has 144 valence electrons. The molecule has 28 heavy (non-hydrogen) atoms. The van der Waals surface area contributed by atoms with Crippen LogP contribution in [0.2, 0.25) is 0 Å². The first-order valence-corrected chi connectivity index (χ1v) is 9.05. The van der Waals surface area contributed by atoms with Crippen molar-refractivity contribution in [1.82, 2.24) is 24.4 Å². The second-order valence-corrected chi connectivity index (χ2v) is 6.64. The summed E-state index contributed by atoms with van der Waals surface area (Å²) in [5.41, 5.74) is 7.64. The Balaban J connectivity index is 1.43. The van der Waals surface area contributed by atoms with Crippen LogP contribution < -0.4 is 5.73 Å². The van der Waals surface area contributed by atoms with Gasteiger partial charge < -0.3 is 19.9 Å². The Kier molecular flexibility index (Phi) is 4.88. The molecule has 0 aliphatic carbocycles. The molecule has 4 rings (SSSR count). The van der Waals surface area contributed by atoms with E-state index < -0.39 is 6.04 Å². The van der Waals surface area contributed by atoms with Crippen molar-refractivity contribution in [3.8, 4) is 0 Å². The average Bonchev–Trinajstić information content (AvgIpc) is 3.35. The fraction of sp³-hybridized carbons (Fsp3) is 0.316. The third kappa shape index (κ3) is 3.51. The van der Waals surface area contributed by atoms with E-state index in [2.05, 4.69) is 15.0 Å². The van der Waals surface area contributed by atoms with Crippen molar-refractivity contribution in [3.05, 3.63) is 48.5 Å². The Morgan fingerprint density at radius 2 is 2.00 bits per heavy atom. The van der Waals surface area contributed by atoms with Gasteiger partial charge in [-0.1, -0.05) is 30.3 Å². The molecule has 2 aromatic heterocycles. The van der Waals surface area contributed by atoms with Crippen LogP contribution in [0.15, 0.2) is 43.0 Å². The zero-order chi connectivity index (χ0) is 19.5. The number of rotatable bonds is 5. The molecule has 3 aromatic rings. The number of nitrogens with zero attached hydrogens (tertiary/aromatic N) is 5. The van der Waals surface area contributed by atoms with Crippen molar-refractivity contribution < 1.29 is 14.3 Å². The Hall–Kier alpha value is -3.49. The zero-order valence-corrected chi connectivity index (χ0v) is 15.2. The summed E-state index contributed by atoms with van der Waals surface area (Å²) in [6.07, 6.45) is 4.20. The van der Waals surface area contributed by atoms with E-state index in [9.17, 15) is 9.59 Å². The minimum Gasteiger partial charge on any atom is -0.459 e. The number of hydrogen-bond donors (Lipinski definition) is 1. The Morgan fingerprint density at radius 3 is 2.82 bits per heavy atom. The lowest BCUT2D eigenvalue weighted by Crippen LogP contribution is -2.42. The summed E-state index contributed by atoms with van der Waals surface area (Å²) in [5, 5.41) is 0. The standard InChI is InChI=1S/C19H20N6O3/c20-17-16-18(22-11-21-17)24(12-23-16)9-15(26)25-8-4-7-14(25)19(27)28-10-13-5-2-1-3-6-13/h1-3,5-6,11-12,14H,4,7-10H2,(H2,20,21,22)/t14-/m0/s1. The lowest BCUT2D eigenvalue weighted by Gasteiger charge is -2.23. The number of ether oxygens (including phenoxy) is 1. The molecule has 0 radical (unpaired) electrons. The van der Waals surface area contributed by atoms with Gasteiger partial charge in [-0.3, -0.25) is 4.79 Å². The second kappa shape index (κ2) is 7.63. The number of benzene rings is 1. The van der Waals surface area contributed by atoms with Gasteiger partial charge >= 0.3 is 5.97 Å². The zero-order valence-electron chi connectivity index (χ0n) is 15.2. The van der Waals surface area contributed by atoms with Gasteiger partial charge in [0.2, 0.25) is 5.91 Å². The number of amides is 1. The molecule has 9 heteroatoms. The fourth-order valence-electron chi connectivity index (χ4n) is 3.39. The van der Waals surface area contributed by atoms with Crippen molar-refractivity contribution in [3.63, 3.8) is 0 Å². The SMILES string of the molecule is Nc1ncnc2c1ncn2CC(=O)N1CCC[C@H]1C(=O)OCc1ccccc1. The van der Waals surface area contributed by atoms with E-state index in [4.69, 9.17) is 10.5 Å². The van der Waals surface area contributed by atoms with E-state index in [0.29, 0.717) is 24.1 Å². The van der Waals surface area contributed by atoms with Crippen LogP contribution in [0.4, 0.5) is 5.82 Å². The number of carbonyl (C=O) groups excluding carboxylic acids is 2. The molecule has 1 saturated heterocycles. The van der Waals surface area contributed by atoms with Gasteiger partial charge in [0, 0.05) is 6.54 Å². The molecule has 0 saturated carbocycles. The Labute approximate surface area is 161 Å². The quantitative estimate of drug-likeness (QED) is 0.660. The number of carbonyl (C=O) groups is 2. The number of likely N-dealkylation sites (tertiary alicyclic amines) is 1. The first kappa shape index (κ1) is 17.9. The number of aromatic nitrogens is 4. The molecule has 1 fully saturated rings. The summed E-state index contributed by atoms with van der Waals surface area (Å²) in [6.45, 7) is 0.740. The molecule has 9 nitrogen and oxygen atoms in total. The molecule has 0 unspecified atom stereocenters. The maximum absolute atomic E-state index is 12.8. The van der Waals surface area contributed by atoms with Gasteiger partial charge in [0.1, 0.15) is 31.0 Å². The highest BCUT2D eigenvalue weighted by Crippen LogP contribution is 2.21. The fourth-order valence-corrected chi connectivity index (χ4v) is 3.39. The molecule has 1 aromatic carbocycles. The summed E-state index contributed by atoms with van der Waals surface area (Å²) in [4.78, 5) is 39.1. The number of fused-ring (bicyclic) bond motifs is 1. The minimum absolute atomic E-state index is 0.0232. The molecule has 0 bridgehead atoms. The van der Waals surface area contributed by atoms with Crippen LogP contribution in [-0.4, -0.2) is 48.9 Å². The highest BCUT2D eigenvalue weighted by Gasteiger charge is 2.35. The maximum atomic E-state index is 12.8. The molecular formula is C19H20N6O3. The summed E-state index contributed by atoms with van der Waals surface area (Å²) >= 11 is 0. The van der Waals surface area contributed by atoms with Gasteiger partial charge in [0.15, 0.2) is 11.5 Å². The summed E-state index contributed by atoms with van der Waals surface area (Å²) in [6, 6.07) is 8.90. The van der Waals surface area contributed by atoms with Crippen molar-refractivity contribution in [2.24, 2.45) is 0 Å². The molecule has 0 spiro atoms. The number of imidazole rings is 1. The normalized spacial score (nSPS) is 16.4. The number of hydrogen-bond acceptors (Lipinski definition) is 7. The average molecular weight is 380 g/mol. The van der Waals surface area contributed by atoms with Crippen molar-refractivity contribution in [2.75, 3.05) is 12.3 Å². The van der Waals surface area contributed by atoms with Crippen molar-refractivity contribution in [1.29, 1.82) is 0 Å². The predicted molar refractivity (Wildman–Crippen MR) is 101 cm³/mol. The molecule has 2 N–H and O–H groups in total. The highest BCUT2D eigenvalue weighted by molar-refractivity contribution is 5.87. The monoisotopic (exact) mass is 380 g/mol. The highest BCUT2D eigenvalue weighted by atomic mass is 16.5. The van der Waals surface area contributed by atoms with Crippen LogP contribution in [0, 0.1) is 0 Å². The van der Waals surface area contributed by atoms with Crippen LogP contribution in [0.3, 0.4) is 0 Å². The smallest absolute Gasteiger partial charge is 0.329 e. The molecular weight excluding hydrogens is 360 g/mol. The summed E-state index contributed by atoms with van der Waals surface area (Å²) < 4.78 is 7.04. The van der Waals surface area contributed by atoms with E-state index >= 15 is 0 Å². The third-order valence-electron chi connectivity index (χ3n) is 4.80. The van der Waals surface area contributed by atoms with Gasteiger partial charge in [0.25, 0.3) is 0 Å². The lowest BCUT2D eigenvalue weighted by atomic mass is 10.2. The van der Waals surface area contributed by atoms with Crippen LogP contribution in [0.5, 0.6) is 0 Å². The Morgan fingerprint density at radius 1 is 1.18 bits per heavy atom. The number of nitrogens with two attached hydrogens (primary N) is 1. The second-order valence-electron chi connectivity index (χ2n) is 6.64. The number of anilines is 1. The van der Waals surface area contributed by atoms with E-state index in [0.717, 1.165) is 12.0 Å². The van der Waals surface area contributed by atoms with E-state index in [1.165, 1.54) is 12.7 Å². The van der Waals surface area contributed by atoms with Crippen LogP contribution in [0.1, 0.15) is 18.4 Å².